The summed E-state index contributed by atoms with van der Waals surface area (Å²) in [6.45, 7) is 4.25. The van der Waals surface area contributed by atoms with Crippen LogP contribution in [-0.4, -0.2) is 28.3 Å². The number of halogens is 1. The second-order valence-corrected chi connectivity index (χ2v) is 4.97. The summed E-state index contributed by atoms with van der Waals surface area (Å²) in [6, 6.07) is 0. The summed E-state index contributed by atoms with van der Waals surface area (Å²) in [5, 5.41) is 1.08. The number of piperidine rings is 1. The number of anilines is 1. The Morgan fingerprint density at radius 3 is 2.73 bits per heavy atom. The molecule has 15 heavy (non-hydrogen) atoms. The second-order valence-electron chi connectivity index (χ2n) is 3.93. The van der Waals surface area contributed by atoms with Gasteiger partial charge in [0.15, 0.2) is 0 Å². The van der Waals surface area contributed by atoms with Gasteiger partial charge in [0, 0.05) is 36.9 Å². The van der Waals surface area contributed by atoms with Crippen molar-refractivity contribution in [1.82, 2.24) is 9.36 Å². The molecule has 0 unspecified atom stereocenters. The van der Waals surface area contributed by atoms with Crippen LogP contribution >= 0.6 is 23.1 Å². The van der Waals surface area contributed by atoms with Crippen LogP contribution in [-0.2, 0) is 6.42 Å². The van der Waals surface area contributed by atoms with Gasteiger partial charge in [-0.15, -0.1) is 11.6 Å². The van der Waals surface area contributed by atoms with E-state index >= 15 is 0 Å². The van der Waals surface area contributed by atoms with E-state index in [1.807, 2.05) is 0 Å². The number of aromatic nitrogens is 2. The van der Waals surface area contributed by atoms with Gasteiger partial charge in [-0.05, 0) is 18.8 Å². The van der Waals surface area contributed by atoms with Gasteiger partial charge < -0.3 is 4.90 Å². The lowest BCUT2D eigenvalue weighted by Gasteiger charge is -2.30. The quantitative estimate of drug-likeness (QED) is 0.767. The van der Waals surface area contributed by atoms with Crippen molar-refractivity contribution in [3.8, 4) is 0 Å². The largest absolute Gasteiger partial charge is 0.347 e. The third kappa shape index (κ3) is 2.61. The molecule has 1 aliphatic rings. The van der Waals surface area contributed by atoms with Crippen molar-refractivity contribution in [1.29, 1.82) is 0 Å². The zero-order valence-electron chi connectivity index (χ0n) is 8.95. The van der Waals surface area contributed by atoms with E-state index in [2.05, 4.69) is 21.2 Å². The van der Waals surface area contributed by atoms with Gasteiger partial charge >= 0.3 is 0 Å². The van der Waals surface area contributed by atoms with Crippen molar-refractivity contribution < 1.29 is 0 Å². The van der Waals surface area contributed by atoms with E-state index in [9.17, 15) is 0 Å². The van der Waals surface area contributed by atoms with Crippen molar-refractivity contribution in [2.75, 3.05) is 23.9 Å². The second kappa shape index (κ2) is 5.12. The van der Waals surface area contributed by atoms with Crippen LogP contribution in [0.25, 0.3) is 0 Å². The maximum atomic E-state index is 5.86. The van der Waals surface area contributed by atoms with Crippen LogP contribution in [0.1, 0.15) is 25.6 Å². The average molecular weight is 246 g/mol. The van der Waals surface area contributed by atoms with Crippen LogP contribution < -0.4 is 4.90 Å². The average Bonchev–Trinajstić information content (AvgIpc) is 2.78. The minimum absolute atomic E-state index is 0.696. The molecule has 0 saturated carbocycles. The molecule has 0 N–H and O–H groups in total. The number of hydrogen-bond acceptors (Lipinski definition) is 4. The van der Waals surface area contributed by atoms with E-state index in [4.69, 9.17) is 11.6 Å². The molecule has 3 nitrogen and oxygen atoms in total. The number of alkyl halides is 1. The first-order valence-corrected chi connectivity index (χ1v) is 6.77. The van der Waals surface area contributed by atoms with E-state index in [1.54, 1.807) is 0 Å². The van der Waals surface area contributed by atoms with E-state index in [-0.39, 0.29) is 0 Å². The van der Waals surface area contributed by atoms with Crippen LogP contribution in [0.15, 0.2) is 0 Å². The van der Waals surface area contributed by atoms with Gasteiger partial charge in [0.1, 0.15) is 5.82 Å². The van der Waals surface area contributed by atoms with Crippen LogP contribution in [0.3, 0.4) is 0 Å². The van der Waals surface area contributed by atoms with E-state index in [1.165, 1.54) is 24.4 Å². The van der Waals surface area contributed by atoms with Gasteiger partial charge in [-0.1, -0.05) is 6.92 Å². The van der Waals surface area contributed by atoms with E-state index in [0.717, 1.165) is 36.3 Å². The predicted molar refractivity (Wildman–Crippen MR) is 64.9 cm³/mol. The van der Waals surface area contributed by atoms with Gasteiger partial charge in [0.25, 0.3) is 0 Å². The van der Waals surface area contributed by atoms with Gasteiger partial charge in [0.2, 0.25) is 5.13 Å². The molecule has 1 saturated heterocycles. The number of hydrogen-bond donors (Lipinski definition) is 0. The summed E-state index contributed by atoms with van der Waals surface area (Å²) < 4.78 is 4.31. The predicted octanol–water partition coefficient (Wildman–Crippen LogP) is 2.56. The third-order valence-corrected chi connectivity index (χ3v) is 4.13. The molecular formula is C10H16ClN3S. The fourth-order valence-corrected chi connectivity index (χ4v) is 2.91. The lowest BCUT2D eigenvalue weighted by atomic mass is 9.99. The molecule has 1 aromatic heterocycles. The Balaban J connectivity index is 1.95. The third-order valence-electron chi connectivity index (χ3n) is 2.88. The Kier molecular flexibility index (Phi) is 3.81. The molecule has 2 rings (SSSR count). The highest BCUT2D eigenvalue weighted by molar-refractivity contribution is 7.09. The summed E-state index contributed by atoms with van der Waals surface area (Å²) >= 11 is 7.38. The molecule has 0 aromatic carbocycles. The molecule has 5 heteroatoms. The van der Waals surface area contributed by atoms with E-state index in [0.29, 0.717) is 5.92 Å². The standard InChI is InChI=1S/C10H16ClN3S/c1-2-9-12-10(15-13-9)14-5-3-8(7-11)4-6-14/h8H,2-7H2,1H3. The Bertz CT molecular complexity index is 307. The molecule has 84 valence electrons. The molecule has 0 aliphatic carbocycles. The highest BCUT2D eigenvalue weighted by atomic mass is 35.5. The fraction of sp³-hybridized carbons (Fsp3) is 0.800. The van der Waals surface area contributed by atoms with Crippen LogP contribution in [0.5, 0.6) is 0 Å². The summed E-state index contributed by atoms with van der Waals surface area (Å²) in [6.07, 6.45) is 3.30. The Hall–Kier alpha value is -0.350. The van der Waals surface area contributed by atoms with Crippen molar-refractivity contribution >= 4 is 28.3 Å². The van der Waals surface area contributed by atoms with Crippen molar-refractivity contribution in [2.24, 2.45) is 5.92 Å². The zero-order chi connectivity index (χ0) is 10.7. The fourth-order valence-electron chi connectivity index (χ4n) is 1.80. The van der Waals surface area contributed by atoms with Crippen molar-refractivity contribution in [2.45, 2.75) is 26.2 Å². The molecule has 1 fully saturated rings. The highest BCUT2D eigenvalue weighted by Gasteiger charge is 2.20. The monoisotopic (exact) mass is 245 g/mol. The summed E-state index contributed by atoms with van der Waals surface area (Å²) in [5.41, 5.74) is 0. The van der Waals surface area contributed by atoms with Crippen molar-refractivity contribution in [3.05, 3.63) is 5.82 Å². The highest BCUT2D eigenvalue weighted by Crippen LogP contribution is 2.25. The summed E-state index contributed by atoms with van der Waals surface area (Å²) in [5.74, 6) is 2.46. The van der Waals surface area contributed by atoms with Gasteiger partial charge in [0.05, 0.1) is 0 Å². The first-order chi connectivity index (χ1) is 7.33. The SMILES string of the molecule is CCc1nsc(N2CCC(CCl)CC2)n1. The minimum atomic E-state index is 0.696. The van der Waals surface area contributed by atoms with E-state index < -0.39 is 0 Å². The first-order valence-electron chi connectivity index (χ1n) is 5.47. The normalized spacial score (nSPS) is 18.4. The number of rotatable bonds is 3. The van der Waals surface area contributed by atoms with Crippen molar-refractivity contribution in [3.63, 3.8) is 0 Å². The molecule has 1 aliphatic heterocycles. The summed E-state index contributed by atoms with van der Waals surface area (Å²) in [4.78, 5) is 6.84. The van der Waals surface area contributed by atoms with Crippen LogP contribution in [0.4, 0.5) is 5.13 Å². The van der Waals surface area contributed by atoms with Gasteiger partial charge in [-0.2, -0.15) is 4.37 Å². The molecule has 1 aromatic rings. The molecule has 0 radical (unpaired) electrons. The molecule has 0 spiro atoms. The molecule has 2 heterocycles. The van der Waals surface area contributed by atoms with Gasteiger partial charge in [-0.25, -0.2) is 4.98 Å². The molecule has 0 bridgehead atoms. The topological polar surface area (TPSA) is 29.0 Å². The molecule has 0 amide bonds. The lowest BCUT2D eigenvalue weighted by molar-refractivity contribution is 0.442. The molecule has 0 atom stereocenters. The number of nitrogens with zero attached hydrogens (tertiary/aromatic N) is 3. The van der Waals surface area contributed by atoms with Gasteiger partial charge in [-0.3, -0.25) is 0 Å². The Morgan fingerprint density at radius 1 is 1.47 bits per heavy atom. The minimum Gasteiger partial charge on any atom is -0.347 e. The maximum Gasteiger partial charge on any atom is 0.205 e. The zero-order valence-corrected chi connectivity index (χ0v) is 10.5. The van der Waals surface area contributed by atoms with Crippen LogP contribution in [0.2, 0.25) is 0 Å². The summed E-state index contributed by atoms with van der Waals surface area (Å²) in [7, 11) is 0. The number of aryl methyl sites for hydroxylation is 1. The molecular weight excluding hydrogens is 230 g/mol. The maximum absolute atomic E-state index is 5.86. The Labute approximate surface area is 99.6 Å². The Morgan fingerprint density at radius 2 is 2.20 bits per heavy atom. The lowest BCUT2D eigenvalue weighted by Crippen LogP contribution is -2.34. The first kappa shape index (κ1) is 11.1. The van der Waals surface area contributed by atoms with Crippen LogP contribution in [0, 0.1) is 5.92 Å². The smallest absolute Gasteiger partial charge is 0.205 e.